The Labute approximate surface area is 208 Å². The van der Waals surface area contributed by atoms with Gasteiger partial charge in [-0.15, -0.1) is 0 Å². The fourth-order valence-corrected chi connectivity index (χ4v) is 5.22. The first kappa shape index (κ1) is 26.5. The summed E-state index contributed by atoms with van der Waals surface area (Å²) in [4.78, 5) is 39.6. The van der Waals surface area contributed by atoms with E-state index >= 15 is 0 Å². The summed E-state index contributed by atoms with van der Waals surface area (Å²) in [6.07, 6.45) is 2.97. The average molecular weight is 502 g/mol. The summed E-state index contributed by atoms with van der Waals surface area (Å²) in [6.45, 7) is 4.88. The monoisotopic (exact) mass is 501 g/mol. The van der Waals surface area contributed by atoms with Crippen LogP contribution in [0.5, 0.6) is 0 Å². The summed E-state index contributed by atoms with van der Waals surface area (Å²) < 4.78 is 0. The summed E-state index contributed by atoms with van der Waals surface area (Å²) in [6, 6.07) is 8.43. The lowest BCUT2D eigenvalue weighted by Crippen LogP contribution is -2.48. The highest BCUT2D eigenvalue weighted by Crippen LogP contribution is 2.39. The molecular formula is C24H31N5O5S. The molecule has 1 aromatic carbocycles. The van der Waals surface area contributed by atoms with Crippen molar-refractivity contribution in [1.29, 1.82) is 5.26 Å². The van der Waals surface area contributed by atoms with Crippen LogP contribution in [0.25, 0.3) is 0 Å². The second-order valence-electron chi connectivity index (χ2n) is 9.07. The lowest BCUT2D eigenvalue weighted by atomic mass is 10.1. The predicted octanol–water partition coefficient (Wildman–Crippen LogP) is 1.74. The second kappa shape index (κ2) is 11.1. The molecule has 10 nitrogen and oxygen atoms in total. The molecule has 1 aromatic rings. The topological polar surface area (TPSA) is 155 Å². The molecule has 5 N–H and O–H groups in total. The van der Waals surface area contributed by atoms with Crippen LogP contribution in [0.4, 0.5) is 11.4 Å². The Bertz CT molecular complexity index is 1050. The van der Waals surface area contributed by atoms with Crippen LogP contribution < -0.4 is 16.0 Å². The van der Waals surface area contributed by atoms with Crippen molar-refractivity contribution in [3.05, 3.63) is 35.4 Å². The minimum atomic E-state index is -1.53. The number of aliphatic hydroxyl groups excluding tert-OH is 1. The maximum absolute atomic E-state index is 13.0. The normalized spacial score (nSPS) is 24.2. The molecule has 0 spiro atoms. The van der Waals surface area contributed by atoms with Crippen LogP contribution in [-0.2, 0) is 14.4 Å². The number of thioether (sulfide) groups is 1. The number of aliphatic hydroxyl groups is 2. The molecule has 2 fully saturated rings. The number of carbonyl (C=O) groups excluding carboxylic acids is 3. The molecule has 1 saturated carbocycles. The molecule has 1 saturated heterocycles. The largest absolute Gasteiger partial charge is 0.391 e. The molecule has 11 heteroatoms. The lowest BCUT2D eigenvalue weighted by Gasteiger charge is -2.26. The zero-order chi connectivity index (χ0) is 25.8. The minimum absolute atomic E-state index is 0.296. The van der Waals surface area contributed by atoms with Crippen molar-refractivity contribution in [3.8, 4) is 6.07 Å². The highest BCUT2D eigenvalue weighted by atomic mass is 32.2. The van der Waals surface area contributed by atoms with Gasteiger partial charge in [0.2, 0.25) is 5.91 Å². The number of amides is 3. The van der Waals surface area contributed by atoms with Gasteiger partial charge in [-0.1, -0.05) is 17.8 Å². The van der Waals surface area contributed by atoms with Crippen LogP contribution in [0.1, 0.15) is 40.0 Å². The van der Waals surface area contributed by atoms with Crippen LogP contribution in [0.3, 0.4) is 0 Å². The van der Waals surface area contributed by atoms with Crippen molar-refractivity contribution in [3.63, 3.8) is 0 Å². The number of nitrogens with zero attached hydrogens (tertiary/aromatic N) is 2. The number of likely N-dealkylation sites (N-methyl/N-ethyl adjacent to an activating group) is 1. The third kappa shape index (κ3) is 6.33. The molecule has 0 bridgehead atoms. The highest BCUT2D eigenvalue weighted by Gasteiger charge is 2.44. The molecule has 4 atom stereocenters. The Balaban J connectivity index is 1.71. The van der Waals surface area contributed by atoms with Crippen LogP contribution in [0.2, 0.25) is 0 Å². The van der Waals surface area contributed by atoms with Crippen molar-refractivity contribution in [2.45, 2.75) is 63.2 Å². The van der Waals surface area contributed by atoms with Gasteiger partial charge in [0, 0.05) is 24.1 Å². The van der Waals surface area contributed by atoms with E-state index in [1.807, 2.05) is 6.07 Å². The third-order valence-electron chi connectivity index (χ3n) is 5.93. The van der Waals surface area contributed by atoms with Gasteiger partial charge >= 0.3 is 0 Å². The Hall–Kier alpha value is -3.07. The smallest absolute Gasteiger partial charge is 0.262 e. The quantitative estimate of drug-likeness (QED) is 0.338. The molecule has 1 unspecified atom stereocenters. The van der Waals surface area contributed by atoms with E-state index in [-0.39, 0.29) is 11.9 Å². The van der Waals surface area contributed by atoms with E-state index in [2.05, 4.69) is 16.0 Å². The van der Waals surface area contributed by atoms with Crippen molar-refractivity contribution >= 4 is 40.9 Å². The molecule has 2 aliphatic rings. The van der Waals surface area contributed by atoms with Gasteiger partial charge in [0.05, 0.1) is 23.1 Å². The van der Waals surface area contributed by atoms with Crippen LogP contribution >= 0.6 is 11.8 Å². The Morgan fingerprint density at radius 1 is 1.34 bits per heavy atom. The molecule has 0 aromatic heterocycles. The number of nitrogens with one attached hydrogen (secondary N) is 3. The van der Waals surface area contributed by atoms with Crippen molar-refractivity contribution < 1.29 is 24.6 Å². The molecule has 3 amide bonds. The molecule has 188 valence electrons. The Morgan fingerprint density at radius 3 is 2.66 bits per heavy atom. The van der Waals surface area contributed by atoms with Gasteiger partial charge in [-0.25, -0.2) is 0 Å². The lowest BCUT2D eigenvalue weighted by molar-refractivity contribution is -0.131. The summed E-state index contributed by atoms with van der Waals surface area (Å²) in [5.41, 5.74) is -0.471. The first-order valence-corrected chi connectivity index (χ1v) is 12.4. The first-order valence-electron chi connectivity index (χ1n) is 11.5. The summed E-state index contributed by atoms with van der Waals surface area (Å²) in [7, 11) is 0. The molecular weight excluding hydrogens is 470 g/mol. The Morgan fingerprint density at radius 2 is 2.06 bits per heavy atom. The van der Waals surface area contributed by atoms with E-state index in [9.17, 15) is 29.9 Å². The second-order valence-corrected chi connectivity index (χ2v) is 10.2. The van der Waals surface area contributed by atoms with Crippen LogP contribution in [-0.4, -0.2) is 62.5 Å². The van der Waals surface area contributed by atoms with E-state index in [4.69, 9.17) is 0 Å². The maximum atomic E-state index is 13.0. The van der Waals surface area contributed by atoms with Crippen LogP contribution in [0, 0.1) is 17.2 Å². The summed E-state index contributed by atoms with van der Waals surface area (Å²) >= 11 is 1.13. The standard InChI is InChI=1S/C24H31N5O5S/c1-4-29-21(32)19(13-26-14-7-5-8-15(11-14)27-23(33)24(2,3)34)35-22(29)16(12-25)20(31)28-17-9-6-10-18(17)30/h5,7-8,11,13,16-18,22,26,30,34H,4,6,9-10H2,1-3H3,(H,27,33)(H,28,31)/b19-13+/t16-,17+,18+,22?/m1/s1. The average Bonchev–Trinajstić information content (AvgIpc) is 3.34. The maximum Gasteiger partial charge on any atom is 0.262 e. The van der Waals surface area contributed by atoms with Gasteiger partial charge in [-0.05, 0) is 58.2 Å². The predicted molar refractivity (Wildman–Crippen MR) is 133 cm³/mol. The SMILES string of the molecule is CCN1C(=O)/C(=C\Nc2cccc(NC(=O)C(C)(C)O)c2)SC1[C@H](C#N)C(=O)N[C@H]1CCC[C@@H]1O. The molecule has 1 aliphatic heterocycles. The third-order valence-corrected chi connectivity index (χ3v) is 7.24. The van der Waals surface area contributed by atoms with Gasteiger partial charge < -0.3 is 31.1 Å². The summed E-state index contributed by atoms with van der Waals surface area (Å²) in [5.74, 6) is -2.44. The van der Waals surface area contributed by atoms with E-state index in [1.165, 1.54) is 24.9 Å². The molecule has 3 rings (SSSR count). The van der Waals surface area contributed by atoms with Gasteiger partial charge in [-0.2, -0.15) is 5.26 Å². The number of carbonyl (C=O) groups is 3. The van der Waals surface area contributed by atoms with Gasteiger partial charge in [-0.3, -0.25) is 14.4 Å². The zero-order valence-electron chi connectivity index (χ0n) is 19.9. The van der Waals surface area contributed by atoms with E-state index in [0.717, 1.165) is 18.2 Å². The fourth-order valence-electron chi connectivity index (χ4n) is 3.92. The fraction of sp³-hybridized carbons (Fsp3) is 0.500. The van der Waals surface area contributed by atoms with Crippen molar-refractivity contribution in [2.75, 3.05) is 17.2 Å². The Kier molecular flexibility index (Phi) is 8.43. The van der Waals surface area contributed by atoms with Gasteiger partial charge in [0.1, 0.15) is 11.0 Å². The number of hydrogen-bond acceptors (Lipinski definition) is 8. The van der Waals surface area contributed by atoms with E-state index in [0.29, 0.717) is 35.7 Å². The molecule has 1 aliphatic carbocycles. The van der Waals surface area contributed by atoms with Crippen molar-refractivity contribution in [1.82, 2.24) is 10.2 Å². The first-order chi connectivity index (χ1) is 16.5. The highest BCUT2D eigenvalue weighted by molar-refractivity contribution is 8.05. The zero-order valence-corrected chi connectivity index (χ0v) is 20.8. The number of hydrogen-bond donors (Lipinski definition) is 5. The van der Waals surface area contributed by atoms with Crippen molar-refractivity contribution in [2.24, 2.45) is 5.92 Å². The van der Waals surface area contributed by atoms with Crippen LogP contribution in [0.15, 0.2) is 35.4 Å². The van der Waals surface area contributed by atoms with Gasteiger partial charge in [0.15, 0.2) is 5.92 Å². The molecule has 35 heavy (non-hydrogen) atoms. The number of nitriles is 1. The summed E-state index contributed by atoms with van der Waals surface area (Å²) in [5, 5.41) is 37.3. The number of benzene rings is 1. The van der Waals surface area contributed by atoms with E-state index < -0.39 is 34.8 Å². The van der Waals surface area contributed by atoms with Gasteiger partial charge in [0.25, 0.3) is 11.8 Å². The molecule has 1 heterocycles. The van der Waals surface area contributed by atoms with E-state index in [1.54, 1.807) is 31.2 Å². The molecule has 0 radical (unpaired) electrons. The number of rotatable bonds is 8. The minimum Gasteiger partial charge on any atom is -0.391 e. The number of anilines is 2.